The Labute approximate surface area is 136 Å². The van der Waals surface area contributed by atoms with Gasteiger partial charge in [-0.05, 0) is 46.9 Å². The van der Waals surface area contributed by atoms with Crippen molar-refractivity contribution in [2.75, 3.05) is 0 Å². The molecule has 1 aliphatic carbocycles. The maximum absolute atomic E-state index is 5.81. The summed E-state index contributed by atoms with van der Waals surface area (Å²) in [4.78, 5) is 0. The number of rotatable bonds is 0. The minimum Gasteiger partial charge on any atom is -0.115 e. The van der Waals surface area contributed by atoms with E-state index in [1.165, 1.54) is 22.3 Å². The Morgan fingerprint density at radius 2 is 1.52 bits per heavy atom. The van der Waals surface area contributed by atoms with Crippen molar-refractivity contribution in [3.05, 3.63) is 94.5 Å². The molecule has 0 fully saturated rings. The summed E-state index contributed by atoms with van der Waals surface area (Å²) in [6.45, 7) is 0. The second-order valence-electron chi connectivity index (χ2n) is 5.61. The first-order valence-corrected chi connectivity index (χ1v) is 7.64. The van der Waals surface area contributed by atoms with Gasteiger partial charge in [0.1, 0.15) is 0 Å². The highest BCUT2D eigenvalue weighted by atomic mass is 14.2. The average molecular weight is 290 g/mol. The summed E-state index contributed by atoms with van der Waals surface area (Å²) < 4.78 is 0. The van der Waals surface area contributed by atoms with Crippen LogP contribution in [0.25, 0.3) is 11.1 Å². The zero-order valence-corrected chi connectivity index (χ0v) is 12.6. The van der Waals surface area contributed by atoms with Gasteiger partial charge in [-0.2, -0.15) is 0 Å². The molecule has 3 aromatic rings. The van der Waals surface area contributed by atoms with Crippen LogP contribution in [-0.4, -0.2) is 0 Å². The highest BCUT2D eigenvalue weighted by Gasteiger charge is 2.21. The van der Waals surface area contributed by atoms with Crippen LogP contribution in [0.15, 0.2) is 66.7 Å². The minimum absolute atomic E-state index is 0.895. The molecule has 0 heteroatoms. The lowest BCUT2D eigenvalue weighted by Gasteiger charge is -2.06. The van der Waals surface area contributed by atoms with Crippen molar-refractivity contribution >= 4 is 0 Å². The van der Waals surface area contributed by atoms with Crippen molar-refractivity contribution in [1.82, 2.24) is 0 Å². The summed E-state index contributed by atoms with van der Waals surface area (Å²) in [7, 11) is 0. The number of terminal acetylenes is 1. The number of hydrogen-bond donors (Lipinski definition) is 0. The highest BCUT2D eigenvalue weighted by molar-refractivity contribution is 5.80. The molecular formula is C23H14. The Kier molecular flexibility index (Phi) is 3.23. The summed E-state index contributed by atoms with van der Waals surface area (Å²) in [5, 5.41) is 0. The first kappa shape index (κ1) is 13.4. The fourth-order valence-corrected chi connectivity index (χ4v) is 3.14. The molecule has 0 aliphatic heterocycles. The molecule has 0 heterocycles. The van der Waals surface area contributed by atoms with Gasteiger partial charge in [-0.3, -0.25) is 0 Å². The van der Waals surface area contributed by atoms with Gasteiger partial charge in [0.15, 0.2) is 0 Å². The van der Waals surface area contributed by atoms with Crippen LogP contribution in [0.4, 0.5) is 0 Å². The molecule has 0 unspecified atom stereocenters. The lowest BCUT2D eigenvalue weighted by atomic mass is 9.96. The van der Waals surface area contributed by atoms with E-state index in [0.717, 1.165) is 23.1 Å². The van der Waals surface area contributed by atoms with Crippen LogP contribution in [-0.2, 0) is 6.42 Å². The van der Waals surface area contributed by atoms with E-state index in [9.17, 15) is 0 Å². The van der Waals surface area contributed by atoms with Gasteiger partial charge in [-0.15, -0.1) is 6.42 Å². The summed E-state index contributed by atoms with van der Waals surface area (Å²) in [6, 6.07) is 22.7. The van der Waals surface area contributed by atoms with E-state index in [1.54, 1.807) is 0 Å². The molecule has 0 amide bonds. The third kappa shape index (κ3) is 2.32. The van der Waals surface area contributed by atoms with Crippen molar-refractivity contribution in [3.63, 3.8) is 0 Å². The monoisotopic (exact) mass is 290 g/mol. The molecule has 0 N–H and O–H groups in total. The maximum atomic E-state index is 5.81. The summed E-state index contributed by atoms with van der Waals surface area (Å²) >= 11 is 0. The van der Waals surface area contributed by atoms with Gasteiger partial charge in [0.25, 0.3) is 0 Å². The fraction of sp³-hybridized carbons (Fsp3) is 0.0435. The molecule has 0 saturated heterocycles. The Morgan fingerprint density at radius 3 is 2.35 bits per heavy atom. The predicted octanol–water partition coefficient (Wildman–Crippen LogP) is 4.64. The quantitative estimate of drug-likeness (QED) is 0.414. The van der Waals surface area contributed by atoms with E-state index < -0.39 is 0 Å². The van der Waals surface area contributed by atoms with Crippen LogP contribution in [0.1, 0.15) is 27.8 Å². The Hall–Kier alpha value is -3.22. The zero-order chi connectivity index (χ0) is 15.6. The first-order chi connectivity index (χ1) is 11.4. The largest absolute Gasteiger partial charge is 0.115 e. The average Bonchev–Trinajstić information content (AvgIpc) is 2.99. The highest BCUT2D eigenvalue weighted by Crippen LogP contribution is 2.38. The SMILES string of the molecule is C#Cc1c(C#Cc2ccccc2)ccc2c1Cc1ccccc1-2. The Bertz CT molecular complexity index is 990. The zero-order valence-electron chi connectivity index (χ0n) is 12.6. The van der Waals surface area contributed by atoms with Crippen LogP contribution in [0.2, 0.25) is 0 Å². The van der Waals surface area contributed by atoms with E-state index in [1.807, 2.05) is 36.4 Å². The summed E-state index contributed by atoms with van der Waals surface area (Å²) in [5.74, 6) is 9.31. The molecule has 0 spiro atoms. The topological polar surface area (TPSA) is 0 Å². The van der Waals surface area contributed by atoms with E-state index in [0.29, 0.717) is 0 Å². The molecule has 0 aromatic heterocycles. The van der Waals surface area contributed by atoms with Gasteiger partial charge in [0.05, 0.1) is 0 Å². The summed E-state index contributed by atoms with van der Waals surface area (Å²) in [5.41, 5.74) is 7.98. The van der Waals surface area contributed by atoms with Gasteiger partial charge in [-0.25, -0.2) is 0 Å². The molecule has 0 nitrogen and oxygen atoms in total. The van der Waals surface area contributed by atoms with Gasteiger partial charge in [0, 0.05) is 16.7 Å². The molecule has 1 aliphatic rings. The molecule has 0 bridgehead atoms. The normalized spacial score (nSPS) is 10.9. The fourth-order valence-electron chi connectivity index (χ4n) is 3.14. The van der Waals surface area contributed by atoms with Crippen LogP contribution >= 0.6 is 0 Å². The third-order valence-corrected chi connectivity index (χ3v) is 4.25. The van der Waals surface area contributed by atoms with Crippen molar-refractivity contribution in [2.45, 2.75) is 6.42 Å². The standard InChI is InChI=1S/C23H14/c1-2-20-18(13-12-17-8-4-3-5-9-17)14-15-22-21-11-7-6-10-19(21)16-23(20)22/h1,3-11,14-15H,16H2. The molecule has 23 heavy (non-hydrogen) atoms. The molecule has 3 aromatic carbocycles. The van der Waals surface area contributed by atoms with Crippen LogP contribution in [0, 0.1) is 24.2 Å². The van der Waals surface area contributed by atoms with Crippen molar-refractivity contribution in [2.24, 2.45) is 0 Å². The first-order valence-electron chi connectivity index (χ1n) is 7.64. The van der Waals surface area contributed by atoms with E-state index in [-0.39, 0.29) is 0 Å². The Balaban J connectivity index is 1.82. The molecule has 106 valence electrons. The van der Waals surface area contributed by atoms with Crippen LogP contribution in [0.3, 0.4) is 0 Å². The smallest absolute Gasteiger partial charge is 0.0440 e. The van der Waals surface area contributed by atoms with Crippen molar-refractivity contribution in [1.29, 1.82) is 0 Å². The maximum Gasteiger partial charge on any atom is 0.0440 e. The third-order valence-electron chi connectivity index (χ3n) is 4.25. The van der Waals surface area contributed by atoms with E-state index in [2.05, 4.69) is 48.1 Å². The molecule has 4 rings (SSSR count). The van der Waals surface area contributed by atoms with E-state index >= 15 is 0 Å². The van der Waals surface area contributed by atoms with Crippen LogP contribution < -0.4 is 0 Å². The summed E-state index contributed by atoms with van der Waals surface area (Å²) in [6.07, 6.45) is 6.70. The minimum atomic E-state index is 0.895. The van der Waals surface area contributed by atoms with Gasteiger partial charge in [-0.1, -0.05) is 66.3 Å². The molecule has 0 saturated carbocycles. The number of hydrogen-bond acceptors (Lipinski definition) is 0. The number of fused-ring (bicyclic) bond motifs is 3. The molecular weight excluding hydrogens is 276 g/mol. The molecule has 0 radical (unpaired) electrons. The van der Waals surface area contributed by atoms with Crippen molar-refractivity contribution in [3.8, 4) is 35.3 Å². The second kappa shape index (κ2) is 5.53. The molecule has 0 atom stereocenters. The van der Waals surface area contributed by atoms with Gasteiger partial charge >= 0.3 is 0 Å². The van der Waals surface area contributed by atoms with Crippen LogP contribution in [0.5, 0.6) is 0 Å². The Morgan fingerprint density at radius 1 is 0.739 bits per heavy atom. The second-order valence-corrected chi connectivity index (χ2v) is 5.61. The predicted molar refractivity (Wildman–Crippen MR) is 95.0 cm³/mol. The van der Waals surface area contributed by atoms with E-state index in [4.69, 9.17) is 6.42 Å². The van der Waals surface area contributed by atoms with Crippen molar-refractivity contribution < 1.29 is 0 Å². The van der Waals surface area contributed by atoms with Gasteiger partial charge in [0.2, 0.25) is 0 Å². The number of benzene rings is 3. The van der Waals surface area contributed by atoms with Gasteiger partial charge < -0.3 is 0 Å². The lowest BCUT2D eigenvalue weighted by Crippen LogP contribution is -1.92. The lowest BCUT2D eigenvalue weighted by molar-refractivity contribution is 1.25.